The van der Waals surface area contributed by atoms with Crippen LogP contribution in [0.5, 0.6) is 0 Å². The summed E-state index contributed by atoms with van der Waals surface area (Å²) in [6.07, 6.45) is 0. The van der Waals surface area contributed by atoms with Crippen molar-refractivity contribution in [3.05, 3.63) is 0 Å². The number of hydrogen-bond donors (Lipinski definition) is 0. The maximum absolute atomic E-state index is 8.61. The summed E-state index contributed by atoms with van der Waals surface area (Å²) in [4.78, 5) is 0. The summed E-state index contributed by atoms with van der Waals surface area (Å²) in [5.41, 5.74) is 0. The van der Waals surface area contributed by atoms with Gasteiger partial charge in [0.05, 0.1) is 0 Å². The zero-order valence-electron chi connectivity index (χ0n) is 10.8. The topological polar surface area (TPSA) is 316 Å². The first-order chi connectivity index (χ1) is 8.66. The smallest absolute Gasteiger partial charge is 2.00 e. The standard InChI is InChI=1S/2La.15O.2Pb.5Zr/q2*+3;;;;;;10*-1;2*+2;;;;;. The van der Waals surface area contributed by atoms with Crippen LogP contribution in [0.2, 0.25) is 0 Å². The van der Waals surface area contributed by atoms with Gasteiger partial charge in [-0.15, -0.1) is 0 Å². The summed E-state index contributed by atoms with van der Waals surface area (Å²) in [6, 6.07) is 0. The Morgan fingerprint density at radius 1 is 0.333 bits per heavy atom. The molecule has 0 aromatic heterocycles. The molecule has 0 heterocycles. The summed E-state index contributed by atoms with van der Waals surface area (Å²) in [5, 5.41) is 0. The van der Waals surface area contributed by atoms with Gasteiger partial charge in [0.15, 0.2) is 0 Å². The number of hydrogen-bond acceptors (Lipinski definition) is 15. The zero-order chi connectivity index (χ0) is 17.9. The molecule has 0 amide bonds. The third-order valence-corrected chi connectivity index (χ3v) is 0. The molecule has 0 aromatic rings. The molecule has 0 saturated carbocycles. The average Bonchev–Trinajstić information content (AvgIpc) is 1.94. The van der Waals surface area contributed by atoms with E-state index in [2.05, 4.69) is 0 Å². The molecule has 24 heteroatoms. The van der Waals surface area contributed by atoms with Crippen molar-refractivity contribution < 1.29 is 230 Å². The Hall–Kier alpha value is 7.25. The maximum Gasteiger partial charge on any atom is 2.00 e. The van der Waals surface area contributed by atoms with Gasteiger partial charge in [-0.2, -0.15) is 0 Å². The molecular weight excluding hydrogens is 1390 g/mol. The van der Waals surface area contributed by atoms with Crippen LogP contribution in [0.1, 0.15) is 0 Å². The third-order valence-electron chi connectivity index (χ3n) is 0. The first-order valence-corrected chi connectivity index (χ1v) is 18.1. The van der Waals surface area contributed by atoms with E-state index in [-0.39, 0.29) is 126 Å². The van der Waals surface area contributed by atoms with Crippen molar-refractivity contribution in [1.29, 1.82) is 0 Å². The molecule has 15 nitrogen and oxygen atoms in total. The molecule has 0 bridgehead atoms. The second kappa shape index (κ2) is 52.3. The molecule has 0 aliphatic heterocycles. The van der Waals surface area contributed by atoms with Crippen LogP contribution in [-0.2, 0) is 127 Å². The van der Waals surface area contributed by atoms with E-state index in [1.807, 2.05) is 0 Å². The van der Waals surface area contributed by atoms with E-state index in [0.29, 0.717) is 0 Å². The number of rotatable bonds is 0. The van der Waals surface area contributed by atoms with Crippen molar-refractivity contribution in [2.75, 3.05) is 0 Å². The quantitative estimate of drug-likeness (QED) is 0.204. The fraction of sp³-hybridized carbons (Fsp3) is 0. The molecule has 0 N–H and O–H groups in total. The van der Waals surface area contributed by atoms with Gasteiger partial charge in [-0.05, 0) is 0 Å². The van der Waals surface area contributed by atoms with E-state index in [4.69, 9.17) is 45.9 Å². The fourth-order valence-electron chi connectivity index (χ4n) is 0. The van der Waals surface area contributed by atoms with Gasteiger partial charge in [-0.1, -0.05) is 0 Å². The van der Waals surface area contributed by atoms with E-state index < -0.39 is 113 Å². The summed E-state index contributed by atoms with van der Waals surface area (Å²) >= 11 is -21.5. The Kier molecular flexibility index (Phi) is 126. The monoisotopic (exact) mass is 1380 g/mol. The van der Waals surface area contributed by atoms with E-state index in [1.54, 1.807) is 0 Å². The van der Waals surface area contributed by atoms with Crippen molar-refractivity contribution >= 4 is 54.6 Å². The molecule has 124 valence electrons. The van der Waals surface area contributed by atoms with Crippen LogP contribution >= 0.6 is 0 Å². The summed E-state index contributed by atoms with van der Waals surface area (Å²) in [5.74, 6) is 0. The SMILES string of the molecule is [La+3].[La+3].[O]=[Zr]([O-])[O-].[O]=[Zr]([O-])[O-].[O]=[Zr]([O-])[O-].[O]=[Zr]([O-])[O-].[O]=[Zr]([O-])[O-].[Pb+2].[Pb+2]. The van der Waals surface area contributed by atoms with Crippen LogP contribution in [0.15, 0.2) is 0 Å². The Bertz CT molecular complexity index is 221. The van der Waals surface area contributed by atoms with Gasteiger partial charge in [0, 0.05) is 0 Å². The van der Waals surface area contributed by atoms with Crippen LogP contribution in [0.3, 0.4) is 0 Å². The fourth-order valence-corrected chi connectivity index (χ4v) is 0. The predicted octanol–water partition coefficient (Wildman–Crippen LogP) is -13.3. The minimum atomic E-state index is -4.29. The Balaban J connectivity index is -0.0000000161. The molecule has 0 aliphatic rings. The molecule has 0 unspecified atom stereocenters. The summed E-state index contributed by atoms with van der Waals surface area (Å²) in [7, 11) is 0. The van der Waals surface area contributed by atoms with Crippen LogP contribution in [-0.4, -0.2) is 54.6 Å². The predicted molar refractivity (Wildman–Crippen MR) is 14.9 cm³/mol. The van der Waals surface area contributed by atoms with Gasteiger partial charge < -0.3 is 0 Å². The second-order valence-corrected chi connectivity index (χ2v) is 7.40. The molecule has 0 aliphatic carbocycles. The minimum Gasteiger partial charge on any atom is 2.00 e. The zero-order valence-corrected chi connectivity index (χ0v) is 38.1. The van der Waals surface area contributed by atoms with Crippen LogP contribution < -0.4 is 31.8 Å². The summed E-state index contributed by atoms with van der Waals surface area (Å²) in [6.45, 7) is 0. The maximum atomic E-state index is 8.61. The second-order valence-electron chi connectivity index (χ2n) is 1.25. The van der Waals surface area contributed by atoms with E-state index in [9.17, 15) is 0 Å². The largest absolute Gasteiger partial charge is 2.00 e. The van der Waals surface area contributed by atoms with Gasteiger partial charge >= 0.3 is 285 Å². The van der Waals surface area contributed by atoms with Crippen molar-refractivity contribution in [2.45, 2.75) is 0 Å². The minimum absolute atomic E-state index is 0. The van der Waals surface area contributed by atoms with E-state index in [1.165, 1.54) is 0 Å². The Morgan fingerprint density at radius 2 is 0.333 bits per heavy atom. The molecule has 0 fully saturated rings. The Morgan fingerprint density at radius 3 is 0.333 bits per heavy atom. The molecule has 24 heavy (non-hydrogen) atoms. The van der Waals surface area contributed by atoms with Gasteiger partial charge in [0.2, 0.25) is 0 Å². The molecule has 0 saturated heterocycles. The molecular formula is La2O15Pb2Zr5. The van der Waals surface area contributed by atoms with Gasteiger partial charge in [0.1, 0.15) is 0 Å². The first kappa shape index (κ1) is 57.8. The normalized spacial score (nSPS) is 5.42. The Labute approximate surface area is 277 Å². The van der Waals surface area contributed by atoms with Crippen molar-refractivity contribution in [3.63, 3.8) is 0 Å². The van der Waals surface area contributed by atoms with Crippen molar-refractivity contribution in [2.24, 2.45) is 0 Å². The average molecular weight is 1390 g/mol. The van der Waals surface area contributed by atoms with Crippen LogP contribution in [0.25, 0.3) is 0 Å². The molecule has 4 radical (unpaired) electrons. The molecule has 0 spiro atoms. The van der Waals surface area contributed by atoms with Crippen LogP contribution in [0, 0.1) is 71.2 Å². The molecule has 0 aromatic carbocycles. The molecule has 0 rings (SSSR count). The van der Waals surface area contributed by atoms with Crippen LogP contribution in [0.4, 0.5) is 0 Å². The van der Waals surface area contributed by atoms with Gasteiger partial charge in [0.25, 0.3) is 0 Å². The molecule has 0 atom stereocenters. The van der Waals surface area contributed by atoms with Gasteiger partial charge in [-0.3, -0.25) is 0 Å². The van der Waals surface area contributed by atoms with Crippen molar-refractivity contribution in [3.8, 4) is 0 Å². The van der Waals surface area contributed by atoms with E-state index >= 15 is 0 Å². The first-order valence-electron chi connectivity index (χ1n) is 3.06. The van der Waals surface area contributed by atoms with E-state index in [0.717, 1.165) is 0 Å². The van der Waals surface area contributed by atoms with Crippen molar-refractivity contribution in [1.82, 2.24) is 0 Å². The third kappa shape index (κ3) is 444. The van der Waals surface area contributed by atoms with Gasteiger partial charge in [-0.25, -0.2) is 0 Å². The summed E-state index contributed by atoms with van der Waals surface area (Å²) < 4.78 is 129.